The van der Waals surface area contributed by atoms with Gasteiger partial charge in [0.25, 0.3) is 0 Å². The molecule has 3 heterocycles. The van der Waals surface area contributed by atoms with Crippen LogP contribution in [0.25, 0.3) is 0 Å². The van der Waals surface area contributed by atoms with E-state index in [4.69, 9.17) is 9.47 Å². The van der Waals surface area contributed by atoms with Gasteiger partial charge < -0.3 is 14.5 Å². The summed E-state index contributed by atoms with van der Waals surface area (Å²) >= 11 is 2.29. The van der Waals surface area contributed by atoms with Gasteiger partial charge in [0.1, 0.15) is 17.6 Å². The molecule has 41 heavy (non-hydrogen) atoms. The summed E-state index contributed by atoms with van der Waals surface area (Å²) in [6.45, 7) is 4.43. The molecule has 6 rings (SSSR count). The van der Waals surface area contributed by atoms with Crippen LogP contribution in [0.4, 0.5) is 5.69 Å². The van der Waals surface area contributed by atoms with E-state index in [0.717, 1.165) is 32.9 Å². The summed E-state index contributed by atoms with van der Waals surface area (Å²) in [6, 6.07) is 21.9. The van der Waals surface area contributed by atoms with Gasteiger partial charge in [-0.05, 0) is 61.4 Å². The van der Waals surface area contributed by atoms with E-state index in [0.29, 0.717) is 28.6 Å². The van der Waals surface area contributed by atoms with E-state index in [1.807, 2.05) is 49.4 Å². The summed E-state index contributed by atoms with van der Waals surface area (Å²) in [5, 5.41) is -0.0843. The lowest BCUT2D eigenvalue weighted by atomic mass is 9.83. The van der Waals surface area contributed by atoms with Crippen molar-refractivity contribution in [3.8, 4) is 5.75 Å². The van der Waals surface area contributed by atoms with Crippen molar-refractivity contribution in [1.29, 1.82) is 0 Å². The van der Waals surface area contributed by atoms with Gasteiger partial charge in [-0.2, -0.15) is 0 Å². The third kappa shape index (κ3) is 5.09. The molecule has 1 aromatic heterocycles. The molecule has 0 aliphatic carbocycles. The predicted octanol–water partition coefficient (Wildman–Crippen LogP) is 5.30. The number of hydrogen-bond acceptors (Lipinski definition) is 8. The van der Waals surface area contributed by atoms with Gasteiger partial charge in [0, 0.05) is 10.8 Å². The van der Waals surface area contributed by atoms with Gasteiger partial charge >= 0.3 is 10.8 Å². The number of aromatic amines is 1. The molecule has 2 amide bonds. The van der Waals surface area contributed by atoms with E-state index in [1.165, 1.54) is 16.7 Å². The number of carbonyl (C=O) groups excluding carboxylic acids is 3. The second-order valence-electron chi connectivity index (χ2n) is 9.88. The third-order valence-corrected chi connectivity index (χ3v) is 9.59. The minimum absolute atomic E-state index is 0.225. The highest BCUT2D eigenvalue weighted by atomic mass is 32.2. The molecule has 0 saturated carbocycles. The van der Waals surface area contributed by atoms with E-state index in [2.05, 4.69) is 11.1 Å². The molecule has 4 aromatic rings. The molecule has 1 fully saturated rings. The molecular formula is C31H26N2O6S2. The smallest absolute Gasteiger partial charge is 0.338 e. The first-order chi connectivity index (χ1) is 19.8. The summed E-state index contributed by atoms with van der Waals surface area (Å²) < 4.78 is 11.0. The molecule has 0 spiro atoms. The summed E-state index contributed by atoms with van der Waals surface area (Å²) in [5.41, 5.74) is 3.77. The van der Waals surface area contributed by atoms with Crippen molar-refractivity contribution >= 4 is 46.6 Å². The number of H-pyrrole nitrogens is 1. The Labute approximate surface area is 244 Å². The van der Waals surface area contributed by atoms with Crippen LogP contribution in [0, 0.1) is 12.8 Å². The van der Waals surface area contributed by atoms with E-state index in [-0.39, 0.29) is 23.3 Å². The fourth-order valence-electron chi connectivity index (χ4n) is 5.33. The number of anilines is 1. The average Bonchev–Trinajstić information content (AvgIpc) is 3.46. The Bertz CT molecular complexity index is 1690. The number of aryl methyl sites for hydroxylation is 1. The van der Waals surface area contributed by atoms with Crippen LogP contribution in [0.3, 0.4) is 0 Å². The van der Waals surface area contributed by atoms with Crippen LogP contribution in [-0.2, 0) is 20.9 Å². The third-order valence-electron chi connectivity index (χ3n) is 7.19. The highest BCUT2D eigenvalue weighted by molar-refractivity contribution is 8.00. The molecule has 1 saturated heterocycles. The molecule has 2 aliphatic heterocycles. The molecule has 0 radical (unpaired) electrons. The van der Waals surface area contributed by atoms with Crippen molar-refractivity contribution in [1.82, 2.24) is 4.98 Å². The topological polar surface area (TPSA) is 106 Å². The highest BCUT2D eigenvalue weighted by Crippen LogP contribution is 2.53. The maximum absolute atomic E-state index is 13.9. The number of hydrogen-bond donors (Lipinski definition) is 1. The van der Waals surface area contributed by atoms with Gasteiger partial charge in [-0.1, -0.05) is 65.1 Å². The number of ether oxygens (including phenoxy) is 2. The van der Waals surface area contributed by atoms with Crippen molar-refractivity contribution in [2.45, 2.75) is 36.6 Å². The van der Waals surface area contributed by atoms with Crippen LogP contribution < -0.4 is 14.5 Å². The minimum Gasteiger partial charge on any atom is -0.489 e. The van der Waals surface area contributed by atoms with Crippen LogP contribution in [0.2, 0.25) is 0 Å². The van der Waals surface area contributed by atoms with Gasteiger partial charge in [0.15, 0.2) is 0 Å². The number of fused-ring (bicyclic) bond motifs is 2. The monoisotopic (exact) mass is 586 g/mol. The standard InChI is InChI=1S/C31H26N2O6S2/c1-3-38-30(36)20-7-11-21(12-8-20)33-28(34)24-23(25-27(32-31(37)41-25)40-26(24)29(33)35)19-9-13-22(14-10-19)39-16-18-6-4-5-17(2)15-18/h4-15,23-24,26H,3,16H2,1-2H3,(H,32,37). The van der Waals surface area contributed by atoms with Gasteiger partial charge in [-0.15, -0.1) is 0 Å². The number of thiazole rings is 1. The van der Waals surface area contributed by atoms with E-state index in [1.54, 1.807) is 31.2 Å². The summed E-state index contributed by atoms with van der Waals surface area (Å²) in [4.78, 5) is 56.6. The first-order valence-corrected chi connectivity index (χ1v) is 14.9. The number of benzene rings is 3. The molecule has 1 N–H and O–H groups in total. The molecule has 3 atom stereocenters. The van der Waals surface area contributed by atoms with Crippen molar-refractivity contribution in [2.24, 2.45) is 5.92 Å². The van der Waals surface area contributed by atoms with Crippen molar-refractivity contribution < 1.29 is 23.9 Å². The molecule has 8 nitrogen and oxygen atoms in total. The Balaban J connectivity index is 1.29. The van der Waals surface area contributed by atoms with Gasteiger partial charge in [0.05, 0.1) is 28.8 Å². The number of esters is 1. The number of nitrogens with one attached hydrogen (secondary N) is 1. The van der Waals surface area contributed by atoms with Crippen LogP contribution in [-0.4, -0.2) is 34.6 Å². The van der Waals surface area contributed by atoms with Crippen LogP contribution in [0.1, 0.15) is 44.8 Å². The van der Waals surface area contributed by atoms with Crippen molar-refractivity contribution in [3.05, 3.63) is 110 Å². The number of thioether (sulfide) groups is 1. The maximum atomic E-state index is 13.9. The van der Waals surface area contributed by atoms with Gasteiger partial charge in [-0.25, -0.2) is 9.69 Å². The van der Waals surface area contributed by atoms with Crippen molar-refractivity contribution in [3.63, 3.8) is 0 Å². The number of carbonyl (C=O) groups is 3. The van der Waals surface area contributed by atoms with Crippen molar-refractivity contribution in [2.75, 3.05) is 11.5 Å². The average molecular weight is 587 g/mol. The Morgan fingerprint density at radius 3 is 2.44 bits per heavy atom. The molecule has 3 aromatic carbocycles. The molecule has 3 unspecified atom stereocenters. The number of aromatic nitrogens is 1. The van der Waals surface area contributed by atoms with E-state index >= 15 is 0 Å². The summed E-state index contributed by atoms with van der Waals surface area (Å²) in [6.07, 6.45) is 0. The Kier molecular flexibility index (Phi) is 7.27. The number of rotatable bonds is 7. The van der Waals surface area contributed by atoms with E-state index < -0.39 is 23.1 Å². The quantitative estimate of drug-likeness (QED) is 0.232. The van der Waals surface area contributed by atoms with Gasteiger partial charge in [-0.3, -0.25) is 14.4 Å². The zero-order chi connectivity index (χ0) is 28.7. The lowest BCUT2D eigenvalue weighted by molar-refractivity contribution is -0.122. The molecule has 0 bridgehead atoms. The normalized spacial score (nSPS) is 19.6. The van der Waals surface area contributed by atoms with Gasteiger partial charge in [0.2, 0.25) is 11.8 Å². The van der Waals surface area contributed by atoms with Crippen LogP contribution >= 0.6 is 23.1 Å². The SMILES string of the molecule is CCOC(=O)c1ccc(N2C(=O)C3Sc4[nH]c(=O)sc4C(c4ccc(OCc5cccc(C)c5)cc4)C3C2=O)cc1. The molecule has 10 heteroatoms. The lowest BCUT2D eigenvalue weighted by Crippen LogP contribution is -2.32. The van der Waals surface area contributed by atoms with E-state index in [9.17, 15) is 19.2 Å². The second kappa shape index (κ2) is 11.0. The Hall–Kier alpha value is -4.15. The summed E-state index contributed by atoms with van der Waals surface area (Å²) in [5.74, 6) is -1.66. The largest absolute Gasteiger partial charge is 0.489 e. The first kappa shape index (κ1) is 27.0. The van der Waals surface area contributed by atoms with Crippen LogP contribution in [0.5, 0.6) is 5.75 Å². The Morgan fingerprint density at radius 2 is 1.73 bits per heavy atom. The second-order valence-corrected chi connectivity index (χ2v) is 12.0. The fraction of sp³-hybridized carbons (Fsp3) is 0.226. The first-order valence-electron chi connectivity index (χ1n) is 13.2. The summed E-state index contributed by atoms with van der Waals surface area (Å²) in [7, 11) is 0. The number of nitrogens with zero attached hydrogens (tertiary/aromatic N) is 1. The number of imide groups is 1. The zero-order valence-electron chi connectivity index (χ0n) is 22.3. The maximum Gasteiger partial charge on any atom is 0.338 e. The highest BCUT2D eigenvalue weighted by Gasteiger charge is 2.56. The molecule has 208 valence electrons. The predicted molar refractivity (Wildman–Crippen MR) is 157 cm³/mol. The van der Waals surface area contributed by atoms with Crippen LogP contribution in [0.15, 0.2) is 82.6 Å². The molecule has 2 aliphatic rings. The Morgan fingerprint density at radius 1 is 0.976 bits per heavy atom. The fourth-order valence-corrected chi connectivity index (χ4v) is 7.85. The molecular weight excluding hydrogens is 560 g/mol. The minimum atomic E-state index is -0.702. The number of amides is 2. The lowest BCUT2D eigenvalue weighted by Gasteiger charge is -2.29. The zero-order valence-corrected chi connectivity index (χ0v) is 23.9.